The Labute approximate surface area is 180 Å². The molecule has 0 spiro atoms. The minimum atomic E-state index is 0. The maximum Gasteiger partial charge on any atom is 0.244 e. The molecule has 0 N–H and O–H groups in total. The largest absolute Gasteiger partial charge is 1.00 e. The van der Waals surface area contributed by atoms with Crippen LogP contribution in [0.25, 0.3) is 0 Å². The zero-order valence-electron chi connectivity index (χ0n) is 18.0. The molecule has 1 heterocycles. The van der Waals surface area contributed by atoms with Gasteiger partial charge in [0.2, 0.25) is 6.33 Å². The van der Waals surface area contributed by atoms with Crippen molar-refractivity contribution in [3.8, 4) is 0 Å². The summed E-state index contributed by atoms with van der Waals surface area (Å²) < 4.78 is 4.48. The van der Waals surface area contributed by atoms with Gasteiger partial charge in [0.05, 0.1) is 6.54 Å². The van der Waals surface area contributed by atoms with Crippen LogP contribution in [0.5, 0.6) is 0 Å². The normalized spacial score (nSPS) is 10.7. The Kier molecular flexibility index (Phi) is 19.7. The fourth-order valence-corrected chi connectivity index (χ4v) is 3.67. The molecule has 0 atom stereocenters. The standard InChI is InChI=1S/C24H45N2.BrH/c1-3-5-6-7-8-9-10-11-12-13-14-15-16-17-18-19-21-26-23-22-25(24-26)20-4-2;/h4,22-24H,2-3,5-21H2,1H3;1H/q+1;/p-1. The fraction of sp³-hybridized carbons (Fsp3) is 0.792. The van der Waals surface area contributed by atoms with E-state index in [0.717, 1.165) is 13.1 Å². The number of aromatic nitrogens is 2. The average molecular weight is 442 g/mol. The van der Waals surface area contributed by atoms with Crippen LogP contribution >= 0.6 is 0 Å². The Balaban J connectivity index is 0.00000676. The Hall–Kier alpha value is -0.570. The number of aryl methyl sites for hydroxylation is 1. The smallest absolute Gasteiger partial charge is 0.244 e. The lowest BCUT2D eigenvalue weighted by molar-refractivity contribution is -0.696. The number of hydrogen-bond donors (Lipinski definition) is 0. The molecule has 0 aromatic carbocycles. The zero-order chi connectivity index (χ0) is 18.7. The summed E-state index contributed by atoms with van der Waals surface area (Å²) in [5.41, 5.74) is 0. The Morgan fingerprint density at radius 1 is 0.741 bits per heavy atom. The minimum absolute atomic E-state index is 0. The van der Waals surface area contributed by atoms with Crippen molar-refractivity contribution in [1.29, 1.82) is 0 Å². The van der Waals surface area contributed by atoms with E-state index in [0.29, 0.717) is 0 Å². The van der Waals surface area contributed by atoms with Crippen LogP contribution < -0.4 is 21.5 Å². The number of allylic oxidation sites excluding steroid dienone is 1. The molecule has 0 saturated carbocycles. The van der Waals surface area contributed by atoms with Crippen molar-refractivity contribution in [3.63, 3.8) is 0 Å². The molecule has 0 unspecified atom stereocenters. The van der Waals surface area contributed by atoms with Gasteiger partial charge in [-0.15, -0.1) is 0 Å². The maximum atomic E-state index is 3.78. The molecule has 1 rings (SSSR count). The summed E-state index contributed by atoms with van der Waals surface area (Å²) in [7, 11) is 0. The van der Waals surface area contributed by atoms with Crippen molar-refractivity contribution < 1.29 is 21.5 Å². The van der Waals surface area contributed by atoms with Crippen LogP contribution in [0, 0.1) is 0 Å². The van der Waals surface area contributed by atoms with Crippen molar-refractivity contribution in [2.75, 3.05) is 0 Å². The Bertz CT molecular complexity index is 428. The first-order valence-electron chi connectivity index (χ1n) is 11.5. The van der Waals surface area contributed by atoms with Gasteiger partial charge in [-0.1, -0.05) is 109 Å². The van der Waals surface area contributed by atoms with E-state index in [1.54, 1.807) is 0 Å². The predicted octanol–water partition coefficient (Wildman–Crippen LogP) is 4.23. The summed E-state index contributed by atoms with van der Waals surface area (Å²) in [5, 5.41) is 0. The van der Waals surface area contributed by atoms with Gasteiger partial charge < -0.3 is 17.0 Å². The quantitative estimate of drug-likeness (QED) is 0.173. The van der Waals surface area contributed by atoms with E-state index < -0.39 is 0 Å². The van der Waals surface area contributed by atoms with Gasteiger partial charge in [-0.2, -0.15) is 0 Å². The average Bonchev–Trinajstić information content (AvgIpc) is 3.09. The molecule has 158 valence electrons. The van der Waals surface area contributed by atoms with Gasteiger partial charge in [-0.25, -0.2) is 9.13 Å². The first-order chi connectivity index (χ1) is 12.9. The van der Waals surface area contributed by atoms with Gasteiger partial charge in [-0.05, 0) is 12.8 Å². The van der Waals surface area contributed by atoms with Gasteiger partial charge in [0.1, 0.15) is 18.9 Å². The van der Waals surface area contributed by atoms with Crippen LogP contribution in [0.15, 0.2) is 31.4 Å². The molecular weight excluding hydrogens is 396 g/mol. The third kappa shape index (κ3) is 16.1. The molecule has 0 amide bonds. The topological polar surface area (TPSA) is 8.81 Å². The van der Waals surface area contributed by atoms with Gasteiger partial charge in [0.25, 0.3) is 0 Å². The molecule has 1 aromatic rings. The summed E-state index contributed by atoms with van der Waals surface area (Å²) in [6, 6.07) is 0. The SMILES string of the molecule is C=CCn1cc[n+](CCCCCCCCCCCCCCCCCC)c1.[Br-]. The highest BCUT2D eigenvalue weighted by Crippen LogP contribution is 2.13. The second-order valence-corrected chi connectivity index (χ2v) is 7.94. The molecule has 3 heteroatoms. The minimum Gasteiger partial charge on any atom is -1.00 e. The second-order valence-electron chi connectivity index (χ2n) is 7.94. The highest BCUT2D eigenvalue weighted by Gasteiger charge is 2.01. The van der Waals surface area contributed by atoms with Crippen LogP contribution in [-0.4, -0.2) is 4.57 Å². The van der Waals surface area contributed by atoms with Gasteiger partial charge >= 0.3 is 0 Å². The molecule has 1 aromatic heterocycles. The van der Waals surface area contributed by atoms with E-state index in [-0.39, 0.29) is 17.0 Å². The molecule has 0 aliphatic rings. The number of nitrogens with zero attached hydrogens (tertiary/aromatic N) is 2. The van der Waals surface area contributed by atoms with E-state index in [2.05, 4.69) is 41.4 Å². The molecular formula is C24H45BrN2. The molecule has 2 nitrogen and oxygen atoms in total. The van der Waals surface area contributed by atoms with Crippen LogP contribution in [0.1, 0.15) is 110 Å². The van der Waals surface area contributed by atoms with E-state index >= 15 is 0 Å². The van der Waals surface area contributed by atoms with E-state index in [4.69, 9.17) is 0 Å². The first-order valence-corrected chi connectivity index (χ1v) is 11.5. The van der Waals surface area contributed by atoms with Gasteiger partial charge in [0, 0.05) is 0 Å². The molecule has 0 bridgehead atoms. The number of unbranched alkanes of at least 4 members (excludes halogenated alkanes) is 15. The second kappa shape index (κ2) is 20.2. The van der Waals surface area contributed by atoms with Crippen molar-refractivity contribution >= 4 is 0 Å². The highest BCUT2D eigenvalue weighted by atomic mass is 79.9. The third-order valence-corrected chi connectivity index (χ3v) is 5.36. The number of hydrogen-bond acceptors (Lipinski definition) is 0. The van der Waals surface area contributed by atoms with E-state index in [1.807, 2.05) is 6.08 Å². The monoisotopic (exact) mass is 440 g/mol. The Morgan fingerprint density at radius 3 is 1.63 bits per heavy atom. The maximum absolute atomic E-state index is 3.78. The molecule has 0 radical (unpaired) electrons. The lowest BCUT2D eigenvalue weighted by atomic mass is 10.0. The number of rotatable bonds is 19. The van der Waals surface area contributed by atoms with Crippen molar-refractivity contribution in [3.05, 3.63) is 31.4 Å². The summed E-state index contributed by atoms with van der Waals surface area (Å²) in [4.78, 5) is 0. The van der Waals surface area contributed by atoms with Crippen LogP contribution in [0.2, 0.25) is 0 Å². The van der Waals surface area contributed by atoms with Crippen molar-refractivity contribution in [2.24, 2.45) is 0 Å². The molecule has 0 aliphatic carbocycles. The van der Waals surface area contributed by atoms with E-state index in [9.17, 15) is 0 Å². The summed E-state index contributed by atoms with van der Waals surface area (Å²) in [6.07, 6.45) is 31.4. The Morgan fingerprint density at radius 2 is 1.19 bits per heavy atom. The number of imidazole rings is 1. The van der Waals surface area contributed by atoms with Crippen LogP contribution in [0.3, 0.4) is 0 Å². The third-order valence-electron chi connectivity index (χ3n) is 5.36. The first kappa shape index (κ1) is 26.4. The van der Waals surface area contributed by atoms with E-state index in [1.165, 1.54) is 103 Å². The lowest BCUT2D eigenvalue weighted by Crippen LogP contribution is -3.00. The highest BCUT2D eigenvalue weighted by molar-refractivity contribution is 4.73. The predicted molar refractivity (Wildman–Crippen MR) is 114 cm³/mol. The van der Waals surface area contributed by atoms with Gasteiger partial charge in [0.15, 0.2) is 0 Å². The number of halogens is 1. The van der Waals surface area contributed by atoms with Gasteiger partial charge in [-0.3, -0.25) is 0 Å². The summed E-state index contributed by atoms with van der Waals surface area (Å²) in [5.74, 6) is 0. The van der Waals surface area contributed by atoms with Crippen LogP contribution in [-0.2, 0) is 13.1 Å². The zero-order valence-corrected chi connectivity index (χ0v) is 19.6. The van der Waals surface area contributed by atoms with Crippen molar-refractivity contribution in [1.82, 2.24) is 4.57 Å². The summed E-state index contributed by atoms with van der Waals surface area (Å²) >= 11 is 0. The molecule has 27 heavy (non-hydrogen) atoms. The summed E-state index contributed by atoms with van der Waals surface area (Å²) in [6.45, 7) is 8.14. The molecule has 0 saturated heterocycles. The van der Waals surface area contributed by atoms with Crippen LogP contribution in [0.4, 0.5) is 0 Å². The molecule has 0 aliphatic heterocycles. The molecule has 0 fully saturated rings. The lowest BCUT2D eigenvalue weighted by Gasteiger charge is -2.03. The van der Waals surface area contributed by atoms with Crippen molar-refractivity contribution in [2.45, 2.75) is 123 Å². The fourth-order valence-electron chi connectivity index (χ4n) is 3.67.